The lowest BCUT2D eigenvalue weighted by atomic mass is 9.91. The quantitative estimate of drug-likeness (QED) is 0.616. The van der Waals surface area contributed by atoms with Gasteiger partial charge < -0.3 is 9.42 Å². The number of piperidine rings is 1. The van der Waals surface area contributed by atoms with Crippen LogP contribution in [0.15, 0.2) is 44.6 Å². The second kappa shape index (κ2) is 8.09. The highest BCUT2D eigenvalue weighted by molar-refractivity contribution is 6.08. The van der Waals surface area contributed by atoms with E-state index in [9.17, 15) is 14.0 Å². The number of aryl methyl sites for hydroxylation is 1. The van der Waals surface area contributed by atoms with Crippen LogP contribution in [0.3, 0.4) is 0 Å². The van der Waals surface area contributed by atoms with E-state index in [1.807, 2.05) is 13.8 Å². The zero-order valence-corrected chi connectivity index (χ0v) is 18.2. The Morgan fingerprint density at radius 2 is 1.91 bits per heavy atom. The zero-order chi connectivity index (χ0) is 22.4. The van der Waals surface area contributed by atoms with Crippen LogP contribution in [0.1, 0.15) is 48.2 Å². The van der Waals surface area contributed by atoms with E-state index in [-0.39, 0.29) is 29.1 Å². The topological polar surface area (TPSA) is 80.7 Å². The number of carbonyl (C=O) groups is 1. The van der Waals surface area contributed by atoms with E-state index in [2.05, 4.69) is 15.0 Å². The van der Waals surface area contributed by atoms with Gasteiger partial charge in [0.05, 0.1) is 11.6 Å². The highest BCUT2D eigenvalue weighted by Gasteiger charge is 2.32. The summed E-state index contributed by atoms with van der Waals surface area (Å²) in [5.41, 5.74) is 2.65. The summed E-state index contributed by atoms with van der Waals surface area (Å²) in [7, 11) is 0. The lowest BCUT2D eigenvalue weighted by Crippen LogP contribution is -2.41. The highest BCUT2D eigenvalue weighted by Crippen LogP contribution is 2.33. The maximum atomic E-state index is 13.4. The highest BCUT2D eigenvalue weighted by atomic mass is 19.1. The van der Waals surface area contributed by atoms with Crippen molar-refractivity contribution in [2.24, 2.45) is 10.9 Å². The number of fused-ring (bicyclic) bond motifs is 2. The fourth-order valence-corrected chi connectivity index (χ4v) is 4.86. The van der Waals surface area contributed by atoms with Gasteiger partial charge >= 0.3 is 0 Å². The Morgan fingerprint density at radius 1 is 1.12 bits per heavy atom. The van der Waals surface area contributed by atoms with Crippen LogP contribution in [0.25, 0.3) is 11.0 Å². The number of pyridine rings is 1. The van der Waals surface area contributed by atoms with Crippen LogP contribution in [0.4, 0.5) is 10.2 Å². The number of aromatic nitrogens is 2. The molecule has 0 radical (unpaired) electrons. The van der Waals surface area contributed by atoms with Crippen molar-refractivity contribution in [1.82, 2.24) is 14.6 Å². The number of hydrogen-bond acceptors (Lipinski definition) is 6. The largest absolute Gasteiger partial charge is 0.356 e. The smallest absolute Gasteiger partial charge is 0.259 e. The van der Waals surface area contributed by atoms with Gasteiger partial charge in [-0.15, -0.1) is 0 Å². The van der Waals surface area contributed by atoms with E-state index in [0.717, 1.165) is 54.8 Å². The van der Waals surface area contributed by atoms with Gasteiger partial charge in [0.15, 0.2) is 5.58 Å². The van der Waals surface area contributed by atoms with Gasteiger partial charge in [0, 0.05) is 29.1 Å². The molecule has 2 aliphatic heterocycles. The lowest BCUT2D eigenvalue weighted by molar-refractivity contribution is 0.0848. The zero-order valence-electron chi connectivity index (χ0n) is 18.2. The Morgan fingerprint density at radius 3 is 2.69 bits per heavy atom. The fraction of sp³-hybridized carbons (Fsp3) is 0.417. The third-order valence-electron chi connectivity index (χ3n) is 6.74. The van der Waals surface area contributed by atoms with Crippen LogP contribution in [0.2, 0.25) is 0 Å². The van der Waals surface area contributed by atoms with Gasteiger partial charge in [-0.05, 0) is 70.4 Å². The van der Waals surface area contributed by atoms with Crippen molar-refractivity contribution < 1.29 is 13.7 Å². The lowest BCUT2D eigenvalue weighted by Gasteiger charge is -2.32. The molecule has 1 aromatic carbocycles. The fourth-order valence-electron chi connectivity index (χ4n) is 4.86. The van der Waals surface area contributed by atoms with Crippen molar-refractivity contribution in [2.45, 2.75) is 39.0 Å². The summed E-state index contributed by atoms with van der Waals surface area (Å²) < 4.78 is 20.0. The minimum Gasteiger partial charge on any atom is -0.356 e. The molecule has 32 heavy (non-hydrogen) atoms. The Balaban J connectivity index is 1.23. The van der Waals surface area contributed by atoms with Crippen LogP contribution in [-0.4, -0.2) is 45.9 Å². The molecular weight excluding hydrogens is 411 g/mol. The molecule has 0 saturated carbocycles. The van der Waals surface area contributed by atoms with Gasteiger partial charge in [-0.1, -0.05) is 11.2 Å². The molecule has 5 rings (SSSR count). The third kappa shape index (κ3) is 3.58. The van der Waals surface area contributed by atoms with Crippen molar-refractivity contribution >= 4 is 28.4 Å². The van der Waals surface area contributed by atoms with Crippen molar-refractivity contribution in [3.05, 3.63) is 57.8 Å². The standard InChI is InChI=1S/C24H25FN4O3/c1-14-3-6-21(30)29-23(14)26-15(2)18(24(29)31)9-12-28-10-7-16(8-11-28)22-19-5-4-17(25)13-20(19)32-27-22/h3-6,13,16,18H,7-12H2,1-2H3. The van der Waals surface area contributed by atoms with Crippen LogP contribution >= 0.6 is 0 Å². The Kier molecular flexibility index (Phi) is 5.25. The second-order valence-corrected chi connectivity index (χ2v) is 8.77. The van der Waals surface area contributed by atoms with Gasteiger partial charge in [0.25, 0.3) is 5.56 Å². The van der Waals surface area contributed by atoms with Crippen LogP contribution in [0, 0.1) is 18.7 Å². The first-order valence-electron chi connectivity index (χ1n) is 11.0. The number of aliphatic imine (C=N–C) groups is 1. The van der Waals surface area contributed by atoms with Gasteiger partial charge in [-0.25, -0.2) is 13.9 Å². The minimum absolute atomic E-state index is 0.183. The third-order valence-corrected chi connectivity index (χ3v) is 6.74. The molecule has 3 aromatic rings. The monoisotopic (exact) mass is 436 g/mol. The number of carbonyl (C=O) groups excluding carboxylic acids is 1. The Labute approximate surface area is 184 Å². The molecule has 2 aliphatic rings. The van der Waals surface area contributed by atoms with Gasteiger partial charge in [0.1, 0.15) is 11.6 Å². The predicted molar refractivity (Wildman–Crippen MR) is 119 cm³/mol. The first kappa shape index (κ1) is 20.8. The molecule has 4 heterocycles. The van der Waals surface area contributed by atoms with E-state index in [1.165, 1.54) is 22.8 Å². The molecule has 1 unspecified atom stereocenters. The van der Waals surface area contributed by atoms with Gasteiger partial charge in [-0.3, -0.25) is 9.59 Å². The van der Waals surface area contributed by atoms with Crippen LogP contribution < -0.4 is 5.56 Å². The van der Waals surface area contributed by atoms with Crippen LogP contribution in [0.5, 0.6) is 0 Å². The predicted octanol–water partition coefficient (Wildman–Crippen LogP) is 4.07. The molecule has 8 heteroatoms. The molecule has 166 valence electrons. The number of likely N-dealkylation sites (tertiary alicyclic amines) is 1. The number of hydrogen-bond donors (Lipinski definition) is 0. The average Bonchev–Trinajstić information content (AvgIpc) is 3.19. The SMILES string of the molecule is CC1=Nc2c(C)ccc(=O)n2C(=O)C1CCN1CCC(c2noc3cc(F)ccc23)CC1. The average molecular weight is 436 g/mol. The molecule has 1 saturated heterocycles. The molecule has 7 nitrogen and oxygen atoms in total. The summed E-state index contributed by atoms with van der Waals surface area (Å²) in [5, 5.41) is 5.09. The first-order chi connectivity index (χ1) is 15.4. The normalized spacial score (nSPS) is 19.9. The van der Waals surface area contributed by atoms with Crippen molar-refractivity contribution in [2.75, 3.05) is 19.6 Å². The number of nitrogens with zero attached hydrogens (tertiary/aromatic N) is 4. The molecule has 2 aromatic heterocycles. The van der Waals surface area contributed by atoms with E-state index in [1.54, 1.807) is 12.1 Å². The first-order valence-corrected chi connectivity index (χ1v) is 11.0. The van der Waals surface area contributed by atoms with E-state index < -0.39 is 0 Å². The molecule has 1 atom stereocenters. The number of halogens is 1. The van der Waals surface area contributed by atoms with E-state index >= 15 is 0 Å². The summed E-state index contributed by atoms with van der Waals surface area (Å²) in [6.45, 7) is 6.25. The van der Waals surface area contributed by atoms with Gasteiger partial charge in [-0.2, -0.15) is 0 Å². The molecule has 0 spiro atoms. The molecule has 0 amide bonds. The Hall–Kier alpha value is -3.13. The summed E-state index contributed by atoms with van der Waals surface area (Å²) in [6.07, 6.45) is 2.48. The summed E-state index contributed by atoms with van der Waals surface area (Å²) in [5.74, 6) is -0.166. The van der Waals surface area contributed by atoms with Gasteiger partial charge in [0.2, 0.25) is 5.91 Å². The number of benzene rings is 1. The Bertz CT molecular complexity index is 1280. The molecular formula is C24H25FN4O3. The van der Waals surface area contributed by atoms with E-state index in [4.69, 9.17) is 4.52 Å². The minimum atomic E-state index is -0.380. The van der Waals surface area contributed by atoms with E-state index in [0.29, 0.717) is 17.8 Å². The van der Waals surface area contributed by atoms with Crippen molar-refractivity contribution in [1.29, 1.82) is 0 Å². The summed E-state index contributed by atoms with van der Waals surface area (Å²) in [4.78, 5) is 32.2. The molecule has 0 aliphatic carbocycles. The number of rotatable bonds is 4. The molecule has 0 N–H and O–H groups in total. The molecule has 1 fully saturated rings. The summed E-state index contributed by atoms with van der Waals surface area (Å²) >= 11 is 0. The maximum Gasteiger partial charge on any atom is 0.259 e. The van der Waals surface area contributed by atoms with Crippen molar-refractivity contribution in [3.63, 3.8) is 0 Å². The summed E-state index contributed by atoms with van der Waals surface area (Å²) in [6, 6.07) is 7.68. The maximum absolute atomic E-state index is 13.4. The second-order valence-electron chi connectivity index (χ2n) is 8.77. The van der Waals surface area contributed by atoms with Crippen LogP contribution in [-0.2, 0) is 0 Å². The van der Waals surface area contributed by atoms with Crippen molar-refractivity contribution in [3.8, 4) is 0 Å². The molecule has 0 bridgehead atoms.